The first-order valence-corrected chi connectivity index (χ1v) is 15.1. The summed E-state index contributed by atoms with van der Waals surface area (Å²) in [4.78, 5) is 12.6. The van der Waals surface area contributed by atoms with Gasteiger partial charge in [0.05, 0.1) is 19.8 Å². The predicted molar refractivity (Wildman–Crippen MR) is 167 cm³/mol. The molecule has 238 valence electrons. The Kier molecular flexibility index (Phi) is 20.5. The molecule has 0 aliphatic heterocycles. The summed E-state index contributed by atoms with van der Waals surface area (Å²) in [6.45, 7) is 11.7. The monoisotopic (exact) mass is 591 g/mol. The molecule has 42 heavy (non-hydrogen) atoms. The number of carbonyl (C=O) groups excluding carboxylic acids is 1. The summed E-state index contributed by atoms with van der Waals surface area (Å²) in [6.07, 6.45) is 3.66. The number of aliphatic hydroxyl groups excluding tert-OH is 1. The Hall–Kier alpha value is -2.56. The van der Waals surface area contributed by atoms with E-state index in [0.717, 1.165) is 35.3 Å². The number of rotatable bonds is 20. The fourth-order valence-electron chi connectivity index (χ4n) is 4.14. The maximum atomic E-state index is 13.1. The average molecular weight is 592 g/mol. The Labute approximate surface area is 252 Å². The quantitative estimate of drug-likeness (QED) is 0.162. The summed E-state index contributed by atoms with van der Waals surface area (Å²) >= 11 is 0. The molecule has 0 saturated carbocycles. The number of nitrogens with two attached hydrogens (primary N) is 1. The Bertz CT molecular complexity index is 977. The molecular formula is C33H54FN3O5. The maximum Gasteiger partial charge on any atom is 0.220 e. The van der Waals surface area contributed by atoms with Crippen molar-refractivity contribution < 1.29 is 28.5 Å². The second-order valence-electron chi connectivity index (χ2n) is 10.6. The fourth-order valence-corrected chi connectivity index (χ4v) is 4.14. The SMILES string of the molecule is CCC(C)C(CNCc1ccc(F)cc1)NC(=O)CCCC(N)COCc1ccc(C)c(OCCCOC)c1.CCO. The van der Waals surface area contributed by atoms with Crippen molar-refractivity contribution in [3.05, 3.63) is 65.0 Å². The lowest BCUT2D eigenvalue weighted by Crippen LogP contribution is -2.45. The minimum atomic E-state index is -0.241. The molecule has 2 rings (SSSR count). The smallest absolute Gasteiger partial charge is 0.220 e. The van der Waals surface area contributed by atoms with Gasteiger partial charge >= 0.3 is 0 Å². The normalized spacial score (nSPS) is 13.0. The molecule has 0 saturated heterocycles. The number of amides is 1. The summed E-state index contributed by atoms with van der Waals surface area (Å²) in [5, 5.41) is 14.1. The van der Waals surface area contributed by atoms with Crippen LogP contribution in [0.5, 0.6) is 5.75 Å². The molecule has 0 radical (unpaired) electrons. The van der Waals surface area contributed by atoms with Crippen LogP contribution in [-0.2, 0) is 27.4 Å². The van der Waals surface area contributed by atoms with Crippen molar-refractivity contribution in [1.82, 2.24) is 10.6 Å². The van der Waals surface area contributed by atoms with E-state index in [9.17, 15) is 9.18 Å². The zero-order valence-electron chi connectivity index (χ0n) is 26.3. The van der Waals surface area contributed by atoms with Gasteiger partial charge in [0.2, 0.25) is 5.91 Å². The summed E-state index contributed by atoms with van der Waals surface area (Å²) in [6, 6.07) is 12.4. The number of benzene rings is 2. The van der Waals surface area contributed by atoms with Gasteiger partial charge in [-0.3, -0.25) is 4.79 Å². The zero-order valence-corrected chi connectivity index (χ0v) is 26.3. The van der Waals surface area contributed by atoms with E-state index in [1.54, 1.807) is 26.2 Å². The van der Waals surface area contributed by atoms with E-state index in [-0.39, 0.29) is 30.4 Å². The largest absolute Gasteiger partial charge is 0.493 e. The first-order chi connectivity index (χ1) is 20.2. The number of hydrogen-bond donors (Lipinski definition) is 4. The second kappa shape index (κ2) is 23.0. The van der Waals surface area contributed by atoms with E-state index >= 15 is 0 Å². The molecule has 3 unspecified atom stereocenters. The lowest BCUT2D eigenvalue weighted by Gasteiger charge is -2.25. The third-order valence-corrected chi connectivity index (χ3v) is 6.87. The van der Waals surface area contributed by atoms with Gasteiger partial charge < -0.3 is 35.7 Å². The summed E-state index contributed by atoms with van der Waals surface area (Å²) in [7, 11) is 1.69. The van der Waals surface area contributed by atoms with Crippen LogP contribution in [0.3, 0.4) is 0 Å². The molecule has 0 heterocycles. The van der Waals surface area contributed by atoms with Gasteiger partial charge in [0.1, 0.15) is 11.6 Å². The number of nitrogens with one attached hydrogen (secondary N) is 2. The highest BCUT2D eigenvalue weighted by Crippen LogP contribution is 2.20. The number of halogens is 1. The minimum Gasteiger partial charge on any atom is -0.493 e. The minimum absolute atomic E-state index is 0.0308. The van der Waals surface area contributed by atoms with Crippen molar-refractivity contribution in [1.29, 1.82) is 0 Å². The lowest BCUT2D eigenvalue weighted by molar-refractivity contribution is -0.122. The van der Waals surface area contributed by atoms with E-state index < -0.39 is 0 Å². The summed E-state index contributed by atoms with van der Waals surface area (Å²) < 4.78 is 29.9. The number of carbonyl (C=O) groups is 1. The molecule has 0 spiro atoms. The van der Waals surface area contributed by atoms with Crippen LogP contribution in [0.15, 0.2) is 42.5 Å². The molecule has 0 fully saturated rings. The molecular weight excluding hydrogens is 537 g/mol. The Morgan fingerprint density at radius 1 is 1.07 bits per heavy atom. The van der Waals surface area contributed by atoms with Gasteiger partial charge in [0, 0.05) is 58.3 Å². The van der Waals surface area contributed by atoms with Crippen LogP contribution in [0.1, 0.15) is 69.6 Å². The van der Waals surface area contributed by atoms with Crippen LogP contribution in [0, 0.1) is 18.7 Å². The highest BCUT2D eigenvalue weighted by Gasteiger charge is 2.18. The first kappa shape index (κ1) is 37.5. The van der Waals surface area contributed by atoms with Crippen molar-refractivity contribution in [2.24, 2.45) is 11.7 Å². The van der Waals surface area contributed by atoms with Crippen LogP contribution < -0.4 is 21.1 Å². The first-order valence-electron chi connectivity index (χ1n) is 15.1. The molecule has 9 heteroatoms. The molecule has 0 aliphatic rings. The number of ether oxygens (including phenoxy) is 3. The van der Waals surface area contributed by atoms with E-state index in [1.165, 1.54) is 12.1 Å². The van der Waals surface area contributed by atoms with E-state index in [2.05, 4.69) is 24.5 Å². The molecule has 2 aromatic carbocycles. The van der Waals surface area contributed by atoms with Gasteiger partial charge in [-0.25, -0.2) is 4.39 Å². The molecule has 3 atom stereocenters. The standard InChI is InChI=1S/C31H48FN3O4.C2H6O/c1-5-23(2)29(20-34-19-25-12-14-27(32)15-13-25)35-31(36)9-6-8-28(33)22-38-21-26-11-10-24(3)30(18-26)39-17-7-16-37-4;1-2-3/h10-15,18,23,28-29,34H,5-9,16-17,19-22,33H2,1-4H3,(H,35,36);3H,2H2,1H3. The van der Waals surface area contributed by atoms with Gasteiger partial charge in [0.15, 0.2) is 0 Å². The number of aryl methyl sites for hydroxylation is 1. The van der Waals surface area contributed by atoms with Gasteiger partial charge in [-0.1, -0.05) is 44.5 Å². The zero-order chi connectivity index (χ0) is 31.2. The average Bonchev–Trinajstić information content (AvgIpc) is 2.97. The number of aliphatic hydroxyl groups is 1. The summed E-state index contributed by atoms with van der Waals surface area (Å²) in [5.74, 6) is 0.997. The molecule has 0 aromatic heterocycles. The molecule has 1 amide bonds. The van der Waals surface area contributed by atoms with Gasteiger partial charge in [0.25, 0.3) is 0 Å². The maximum absolute atomic E-state index is 13.1. The Balaban J connectivity index is 0.00000281. The van der Waals surface area contributed by atoms with Crippen LogP contribution in [-0.4, -0.2) is 63.2 Å². The van der Waals surface area contributed by atoms with Gasteiger partial charge in [-0.05, 0) is 67.5 Å². The third kappa shape index (κ3) is 16.8. The van der Waals surface area contributed by atoms with Crippen LogP contribution in [0.25, 0.3) is 0 Å². The molecule has 0 aliphatic carbocycles. The van der Waals surface area contributed by atoms with E-state index in [0.29, 0.717) is 64.7 Å². The number of hydrogen-bond acceptors (Lipinski definition) is 7. The molecule has 2 aromatic rings. The number of methoxy groups -OCH3 is 1. The van der Waals surface area contributed by atoms with Crippen molar-refractivity contribution in [2.75, 3.05) is 40.1 Å². The van der Waals surface area contributed by atoms with E-state index in [4.69, 9.17) is 25.1 Å². The highest BCUT2D eigenvalue weighted by molar-refractivity contribution is 5.76. The van der Waals surface area contributed by atoms with Gasteiger partial charge in [-0.2, -0.15) is 0 Å². The second-order valence-corrected chi connectivity index (χ2v) is 10.6. The third-order valence-electron chi connectivity index (χ3n) is 6.87. The van der Waals surface area contributed by atoms with Crippen LogP contribution in [0.4, 0.5) is 4.39 Å². The molecule has 8 nitrogen and oxygen atoms in total. The Morgan fingerprint density at radius 2 is 1.76 bits per heavy atom. The van der Waals surface area contributed by atoms with Crippen molar-refractivity contribution >= 4 is 5.91 Å². The highest BCUT2D eigenvalue weighted by atomic mass is 19.1. The van der Waals surface area contributed by atoms with Gasteiger partial charge in [-0.15, -0.1) is 0 Å². The van der Waals surface area contributed by atoms with Crippen molar-refractivity contribution in [3.8, 4) is 5.75 Å². The molecule has 5 N–H and O–H groups in total. The van der Waals surface area contributed by atoms with E-state index in [1.807, 2.05) is 25.1 Å². The predicted octanol–water partition coefficient (Wildman–Crippen LogP) is 4.88. The summed E-state index contributed by atoms with van der Waals surface area (Å²) in [5.41, 5.74) is 9.39. The fraction of sp³-hybridized carbons (Fsp3) is 0.606. The van der Waals surface area contributed by atoms with Crippen LogP contribution in [0.2, 0.25) is 0 Å². The van der Waals surface area contributed by atoms with Crippen molar-refractivity contribution in [2.45, 2.75) is 85.0 Å². The topological polar surface area (TPSA) is 115 Å². The molecule has 0 bridgehead atoms. The lowest BCUT2D eigenvalue weighted by atomic mass is 9.98. The van der Waals surface area contributed by atoms with Crippen molar-refractivity contribution in [3.63, 3.8) is 0 Å². The Morgan fingerprint density at radius 3 is 2.43 bits per heavy atom. The van der Waals surface area contributed by atoms with Crippen LogP contribution >= 0.6 is 0 Å².